The number of sulfonamides is 1. The first-order valence-electron chi connectivity index (χ1n) is 8.19. The second-order valence-electron chi connectivity index (χ2n) is 6.69. The number of likely N-dealkylation sites (tertiary alicyclic amines) is 1. The standard InChI is InChI=1S/C17H28N2O3S/c1-13(2)15-7-8-16(22-4)17(10-15)23(20,21)18-11-14-6-5-9-19(3)12-14/h7-8,10,13-14,18H,5-6,9,11-12H2,1-4H3/t14-/m1/s1. The van der Waals surface area contributed by atoms with E-state index in [9.17, 15) is 8.42 Å². The van der Waals surface area contributed by atoms with Crippen LogP contribution in [0.15, 0.2) is 23.1 Å². The third-order valence-electron chi connectivity index (χ3n) is 4.43. The van der Waals surface area contributed by atoms with Gasteiger partial charge < -0.3 is 9.64 Å². The summed E-state index contributed by atoms with van der Waals surface area (Å²) < 4.78 is 33.4. The van der Waals surface area contributed by atoms with E-state index in [2.05, 4.69) is 16.7 Å². The van der Waals surface area contributed by atoms with E-state index < -0.39 is 10.0 Å². The van der Waals surface area contributed by atoms with Gasteiger partial charge in [-0.1, -0.05) is 19.9 Å². The minimum atomic E-state index is -3.57. The molecule has 0 radical (unpaired) electrons. The maximum absolute atomic E-state index is 12.7. The zero-order valence-corrected chi connectivity index (χ0v) is 15.3. The van der Waals surface area contributed by atoms with Gasteiger partial charge in [-0.05, 0) is 56.0 Å². The first-order chi connectivity index (χ1) is 10.8. The molecule has 0 spiro atoms. The number of nitrogens with zero attached hydrogens (tertiary/aromatic N) is 1. The zero-order chi connectivity index (χ0) is 17.0. The molecule has 0 unspecified atom stereocenters. The molecule has 0 aliphatic carbocycles. The highest BCUT2D eigenvalue weighted by atomic mass is 32.2. The molecule has 1 heterocycles. The normalized spacial score (nSPS) is 20.0. The van der Waals surface area contributed by atoms with Gasteiger partial charge in [0.1, 0.15) is 10.6 Å². The van der Waals surface area contributed by atoms with Crippen LogP contribution in [0, 0.1) is 5.92 Å². The Bertz CT molecular complexity index is 629. The second-order valence-corrected chi connectivity index (χ2v) is 8.42. The van der Waals surface area contributed by atoms with Gasteiger partial charge in [0.05, 0.1) is 7.11 Å². The molecule has 130 valence electrons. The van der Waals surface area contributed by atoms with Crippen LogP contribution in [0.2, 0.25) is 0 Å². The molecular weight excluding hydrogens is 312 g/mol. The lowest BCUT2D eigenvalue weighted by molar-refractivity contribution is 0.211. The van der Waals surface area contributed by atoms with Gasteiger partial charge in [-0.2, -0.15) is 0 Å². The molecule has 0 bridgehead atoms. The van der Waals surface area contributed by atoms with E-state index in [1.807, 2.05) is 19.9 Å². The first kappa shape index (κ1) is 18.2. The van der Waals surface area contributed by atoms with Gasteiger partial charge in [-0.25, -0.2) is 13.1 Å². The molecule has 0 saturated carbocycles. The van der Waals surface area contributed by atoms with Crippen molar-refractivity contribution in [1.82, 2.24) is 9.62 Å². The van der Waals surface area contributed by atoms with Gasteiger partial charge >= 0.3 is 0 Å². The fourth-order valence-electron chi connectivity index (χ4n) is 3.01. The first-order valence-corrected chi connectivity index (χ1v) is 9.68. The number of nitrogens with one attached hydrogen (secondary N) is 1. The predicted octanol–water partition coefficient (Wildman–Crippen LogP) is 2.44. The smallest absolute Gasteiger partial charge is 0.244 e. The Morgan fingerprint density at radius 2 is 2.13 bits per heavy atom. The average Bonchev–Trinajstić information content (AvgIpc) is 2.52. The Labute approximate surface area is 140 Å². The lowest BCUT2D eigenvalue weighted by Gasteiger charge is -2.29. The summed E-state index contributed by atoms with van der Waals surface area (Å²) in [7, 11) is 0.00923. The quantitative estimate of drug-likeness (QED) is 0.864. The maximum Gasteiger partial charge on any atom is 0.244 e. The Morgan fingerprint density at radius 1 is 1.39 bits per heavy atom. The van der Waals surface area contributed by atoms with Gasteiger partial charge in [0, 0.05) is 13.1 Å². The number of hydrogen-bond acceptors (Lipinski definition) is 4. The van der Waals surface area contributed by atoms with Gasteiger partial charge in [0.15, 0.2) is 0 Å². The SMILES string of the molecule is COc1ccc(C(C)C)cc1S(=O)(=O)NC[C@H]1CCCN(C)C1. The number of ether oxygens (including phenoxy) is 1. The molecule has 5 nitrogen and oxygen atoms in total. The molecule has 1 N–H and O–H groups in total. The van der Waals surface area contributed by atoms with E-state index >= 15 is 0 Å². The third-order valence-corrected chi connectivity index (χ3v) is 5.87. The summed E-state index contributed by atoms with van der Waals surface area (Å²) in [6, 6.07) is 5.37. The van der Waals surface area contributed by atoms with Crippen molar-refractivity contribution in [2.24, 2.45) is 5.92 Å². The van der Waals surface area contributed by atoms with Crippen molar-refractivity contribution in [3.8, 4) is 5.75 Å². The molecule has 1 saturated heterocycles. The maximum atomic E-state index is 12.7. The van der Waals surface area contributed by atoms with Crippen molar-refractivity contribution in [2.45, 2.75) is 37.5 Å². The highest BCUT2D eigenvalue weighted by Gasteiger charge is 2.24. The summed E-state index contributed by atoms with van der Waals surface area (Å²) in [5, 5.41) is 0. The largest absolute Gasteiger partial charge is 0.495 e. The van der Waals surface area contributed by atoms with Crippen molar-refractivity contribution < 1.29 is 13.2 Å². The Morgan fingerprint density at radius 3 is 2.74 bits per heavy atom. The number of methoxy groups -OCH3 is 1. The molecular formula is C17H28N2O3S. The molecule has 1 aliphatic rings. The molecule has 1 aromatic carbocycles. The Balaban J connectivity index is 2.16. The van der Waals surface area contributed by atoms with Crippen molar-refractivity contribution in [2.75, 3.05) is 33.8 Å². The number of hydrogen-bond donors (Lipinski definition) is 1. The van der Waals surface area contributed by atoms with Crippen LogP contribution in [0.4, 0.5) is 0 Å². The highest BCUT2D eigenvalue weighted by Crippen LogP contribution is 2.28. The Hall–Kier alpha value is -1.11. The van der Waals surface area contributed by atoms with Gasteiger partial charge in [0.2, 0.25) is 10.0 Å². The molecule has 1 fully saturated rings. The van der Waals surface area contributed by atoms with Crippen LogP contribution in [0.25, 0.3) is 0 Å². The lowest BCUT2D eigenvalue weighted by atomic mass is 9.99. The van der Waals surface area contributed by atoms with Crippen molar-refractivity contribution >= 4 is 10.0 Å². The van der Waals surface area contributed by atoms with Crippen LogP contribution >= 0.6 is 0 Å². The lowest BCUT2D eigenvalue weighted by Crippen LogP contribution is -2.39. The van der Waals surface area contributed by atoms with Crippen molar-refractivity contribution in [3.05, 3.63) is 23.8 Å². The monoisotopic (exact) mass is 340 g/mol. The third kappa shape index (κ3) is 4.68. The summed E-state index contributed by atoms with van der Waals surface area (Å²) in [4.78, 5) is 2.48. The van der Waals surface area contributed by atoms with Crippen molar-refractivity contribution in [1.29, 1.82) is 0 Å². The van der Waals surface area contributed by atoms with Gasteiger partial charge in [-0.15, -0.1) is 0 Å². The summed E-state index contributed by atoms with van der Waals surface area (Å²) in [5.41, 5.74) is 0.989. The van der Waals surface area contributed by atoms with Crippen LogP contribution in [-0.2, 0) is 10.0 Å². The van der Waals surface area contributed by atoms with Gasteiger partial charge in [0.25, 0.3) is 0 Å². The number of piperidine rings is 1. The van der Waals surface area contributed by atoms with E-state index in [-0.39, 0.29) is 10.8 Å². The molecule has 2 rings (SSSR count). The summed E-state index contributed by atoms with van der Waals surface area (Å²) in [6.07, 6.45) is 2.19. The number of benzene rings is 1. The second kappa shape index (κ2) is 7.64. The summed E-state index contributed by atoms with van der Waals surface area (Å²) in [5.74, 6) is 1.02. The van der Waals surface area contributed by atoms with E-state index in [4.69, 9.17) is 4.74 Å². The molecule has 6 heteroatoms. The van der Waals surface area contributed by atoms with E-state index in [1.54, 1.807) is 12.1 Å². The molecule has 1 aromatic rings. The van der Waals surface area contributed by atoms with E-state index in [1.165, 1.54) is 7.11 Å². The molecule has 1 atom stereocenters. The number of rotatable bonds is 6. The molecule has 1 aliphatic heterocycles. The molecule has 0 aromatic heterocycles. The molecule has 0 amide bonds. The van der Waals surface area contributed by atoms with Crippen molar-refractivity contribution in [3.63, 3.8) is 0 Å². The van der Waals surface area contributed by atoms with Crippen LogP contribution in [-0.4, -0.2) is 47.1 Å². The average molecular weight is 340 g/mol. The zero-order valence-electron chi connectivity index (χ0n) is 14.5. The van der Waals surface area contributed by atoms with Gasteiger partial charge in [-0.3, -0.25) is 0 Å². The topological polar surface area (TPSA) is 58.6 Å². The minimum Gasteiger partial charge on any atom is -0.495 e. The fourth-order valence-corrected chi connectivity index (χ4v) is 4.33. The predicted molar refractivity (Wildman–Crippen MR) is 92.5 cm³/mol. The van der Waals surface area contributed by atoms with E-state index in [0.29, 0.717) is 18.2 Å². The van der Waals surface area contributed by atoms with Crippen LogP contribution in [0.1, 0.15) is 38.2 Å². The molecule has 23 heavy (non-hydrogen) atoms. The highest BCUT2D eigenvalue weighted by molar-refractivity contribution is 7.89. The Kier molecular flexibility index (Phi) is 6.06. The summed E-state index contributed by atoms with van der Waals surface area (Å²) in [6.45, 7) is 6.59. The summed E-state index contributed by atoms with van der Waals surface area (Å²) >= 11 is 0. The van der Waals surface area contributed by atoms with E-state index in [0.717, 1.165) is 31.5 Å². The van der Waals surface area contributed by atoms with Crippen LogP contribution < -0.4 is 9.46 Å². The minimum absolute atomic E-state index is 0.232. The van der Waals surface area contributed by atoms with Crippen LogP contribution in [0.3, 0.4) is 0 Å². The van der Waals surface area contributed by atoms with Crippen LogP contribution in [0.5, 0.6) is 5.75 Å². The fraction of sp³-hybridized carbons (Fsp3) is 0.647.